The zero-order valence-corrected chi connectivity index (χ0v) is 9.91. The van der Waals surface area contributed by atoms with Crippen LogP contribution in [0.4, 0.5) is 17.6 Å². The van der Waals surface area contributed by atoms with Crippen LogP contribution in [0.5, 0.6) is 5.75 Å². The minimum atomic E-state index is -4.27. The molecule has 1 aromatic rings. The largest absolute Gasteiger partial charge is 0.486 e. The molecule has 0 saturated carbocycles. The summed E-state index contributed by atoms with van der Waals surface area (Å²) >= 11 is 0. The molecule has 19 heavy (non-hydrogen) atoms. The van der Waals surface area contributed by atoms with Crippen LogP contribution >= 0.6 is 0 Å². The number of ether oxygens (including phenoxy) is 1. The van der Waals surface area contributed by atoms with Gasteiger partial charge in [0.05, 0.1) is 5.56 Å². The highest BCUT2D eigenvalue weighted by molar-refractivity contribution is 5.99. The number of amidine groups is 1. The van der Waals surface area contributed by atoms with Crippen LogP contribution in [0.1, 0.15) is 11.1 Å². The van der Waals surface area contributed by atoms with Crippen LogP contribution in [0.3, 0.4) is 0 Å². The molecule has 0 atom stereocenters. The quantitative estimate of drug-likeness (QED) is 0.286. The third-order valence-electron chi connectivity index (χ3n) is 2.26. The lowest BCUT2D eigenvalue weighted by Gasteiger charge is -2.17. The number of aryl methyl sites for hydroxylation is 1. The summed E-state index contributed by atoms with van der Waals surface area (Å²) in [5, 5.41) is 11.3. The predicted molar refractivity (Wildman–Crippen MR) is 60.1 cm³/mol. The Hall–Kier alpha value is -1.99. The SMILES string of the molecule is Cc1ccc(OCC(F)(F)C(F)F)c(/C(N)=N/O)c1. The summed E-state index contributed by atoms with van der Waals surface area (Å²) in [6.45, 7) is 0.186. The molecule has 0 aliphatic rings. The molecular formula is C11H12F4N2O2. The highest BCUT2D eigenvalue weighted by Gasteiger charge is 2.41. The van der Waals surface area contributed by atoms with Gasteiger partial charge >= 0.3 is 12.3 Å². The molecule has 0 heterocycles. The zero-order valence-electron chi connectivity index (χ0n) is 9.91. The zero-order chi connectivity index (χ0) is 14.6. The summed E-state index contributed by atoms with van der Waals surface area (Å²) in [5.41, 5.74) is 6.10. The Bertz CT molecular complexity index is 478. The van der Waals surface area contributed by atoms with Gasteiger partial charge in [0.2, 0.25) is 0 Å². The monoisotopic (exact) mass is 280 g/mol. The highest BCUT2D eigenvalue weighted by Crippen LogP contribution is 2.26. The van der Waals surface area contributed by atoms with E-state index in [9.17, 15) is 17.6 Å². The molecular weight excluding hydrogens is 268 g/mol. The van der Waals surface area contributed by atoms with E-state index in [4.69, 9.17) is 10.9 Å². The maximum atomic E-state index is 12.7. The Morgan fingerprint density at radius 3 is 2.63 bits per heavy atom. The van der Waals surface area contributed by atoms with Crippen molar-refractivity contribution >= 4 is 5.84 Å². The van der Waals surface area contributed by atoms with Crippen molar-refractivity contribution in [3.8, 4) is 5.75 Å². The number of hydrogen-bond donors (Lipinski definition) is 2. The molecule has 0 aliphatic heterocycles. The van der Waals surface area contributed by atoms with E-state index >= 15 is 0 Å². The standard InChI is InChI=1S/C11H12F4N2O2/c1-6-2-3-8(7(4-6)9(16)17-18)19-5-11(14,15)10(12)13/h2-4,10,18H,5H2,1H3,(H2,16,17). The topological polar surface area (TPSA) is 67.8 Å². The van der Waals surface area contributed by atoms with Crippen LogP contribution in [0.2, 0.25) is 0 Å². The average Bonchev–Trinajstić information content (AvgIpc) is 2.36. The Balaban J connectivity index is 2.96. The van der Waals surface area contributed by atoms with Crippen molar-refractivity contribution in [2.45, 2.75) is 19.3 Å². The predicted octanol–water partition coefficient (Wildman–Crippen LogP) is 2.37. The fourth-order valence-electron chi connectivity index (χ4n) is 1.26. The first-order chi connectivity index (χ1) is 8.77. The molecule has 0 fully saturated rings. The molecule has 0 radical (unpaired) electrons. The average molecular weight is 280 g/mol. The first kappa shape index (κ1) is 15.1. The lowest BCUT2D eigenvalue weighted by Crippen LogP contribution is -2.34. The molecule has 8 heteroatoms. The van der Waals surface area contributed by atoms with Gasteiger partial charge in [-0.15, -0.1) is 0 Å². The van der Waals surface area contributed by atoms with Gasteiger partial charge < -0.3 is 15.7 Å². The third kappa shape index (κ3) is 3.73. The Labute approximate surface area is 106 Å². The van der Waals surface area contributed by atoms with Gasteiger partial charge in [-0.2, -0.15) is 8.78 Å². The van der Waals surface area contributed by atoms with Gasteiger partial charge in [-0.3, -0.25) is 0 Å². The number of benzene rings is 1. The number of halogens is 4. The lowest BCUT2D eigenvalue weighted by atomic mass is 10.1. The van der Waals surface area contributed by atoms with E-state index in [0.717, 1.165) is 0 Å². The van der Waals surface area contributed by atoms with Gasteiger partial charge in [0.25, 0.3) is 0 Å². The second-order valence-corrected chi connectivity index (χ2v) is 3.84. The Kier molecular flexibility index (Phi) is 4.57. The summed E-state index contributed by atoms with van der Waals surface area (Å²) in [7, 11) is 0. The number of hydrogen-bond acceptors (Lipinski definition) is 3. The lowest BCUT2D eigenvalue weighted by molar-refractivity contribution is -0.148. The van der Waals surface area contributed by atoms with Crippen LogP contribution < -0.4 is 10.5 Å². The van der Waals surface area contributed by atoms with Gasteiger partial charge in [-0.1, -0.05) is 16.8 Å². The van der Waals surface area contributed by atoms with Gasteiger partial charge in [0, 0.05) is 0 Å². The van der Waals surface area contributed by atoms with E-state index in [1.807, 2.05) is 0 Å². The highest BCUT2D eigenvalue weighted by atomic mass is 19.3. The molecule has 0 amide bonds. The number of nitrogens with two attached hydrogens (primary N) is 1. The molecule has 106 valence electrons. The van der Waals surface area contributed by atoms with Crippen molar-refractivity contribution in [2.75, 3.05) is 6.61 Å². The fourth-order valence-corrected chi connectivity index (χ4v) is 1.26. The van der Waals surface area contributed by atoms with Crippen LogP contribution in [-0.2, 0) is 0 Å². The molecule has 1 aromatic carbocycles. The molecule has 0 aliphatic carbocycles. The van der Waals surface area contributed by atoms with Crippen LogP contribution in [-0.4, -0.2) is 30.0 Å². The van der Waals surface area contributed by atoms with Crippen molar-refractivity contribution in [2.24, 2.45) is 10.9 Å². The molecule has 1 rings (SSSR count). The van der Waals surface area contributed by atoms with E-state index in [0.29, 0.717) is 5.56 Å². The summed E-state index contributed by atoms with van der Waals surface area (Å²) < 4.78 is 54.1. The van der Waals surface area contributed by atoms with E-state index in [1.165, 1.54) is 18.2 Å². The van der Waals surface area contributed by atoms with Gasteiger partial charge in [0.1, 0.15) is 5.75 Å². The molecule has 0 bridgehead atoms. The number of oxime groups is 1. The smallest absolute Gasteiger partial charge is 0.340 e. The summed E-state index contributed by atoms with van der Waals surface area (Å²) in [4.78, 5) is 0. The number of alkyl halides is 4. The third-order valence-corrected chi connectivity index (χ3v) is 2.26. The molecule has 0 aromatic heterocycles. The second-order valence-electron chi connectivity index (χ2n) is 3.84. The summed E-state index contributed by atoms with van der Waals surface area (Å²) in [5.74, 6) is -4.80. The Morgan fingerprint density at radius 1 is 1.47 bits per heavy atom. The minimum absolute atomic E-state index is 0.0487. The number of nitrogens with zero attached hydrogens (tertiary/aromatic N) is 1. The summed E-state index contributed by atoms with van der Waals surface area (Å²) in [6, 6.07) is 4.22. The Morgan fingerprint density at radius 2 is 2.11 bits per heavy atom. The van der Waals surface area contributed by atoms with Gasteiger partial charge in [-0.05, 0) is 19.1 Å². The fraction of sp³-hybridized carbons (Fsp3) is 0.364. The maximum Gasteiger partial charge on any atom is 0.340 e. The number of rotatable bonds is 5. The first-order valence-electron chi connectivity index (χ1n) is 5.15. The minimum Gasteiger partial charge on any atom is -0.486 e. The van der Waals surface area contributed by atoms with Crippen molar-refractivity contribution in [3.63, 3.8) is 0 Å². The van der Waals surface area contributed by atoms with E-state index in [-0.39, 0.29) is 17.1 Å². The van der Waals surface area contributed by atoms with Crippen molar-refractivity contribution in [1.29, 1.82) is 0 Å². The first-order valence-corrected chi connectivity index (χ1v) is 5.15. The van der Waals surface area contributed by atoms with E-state index in [1.54, 1.807) is 6.92 Å². The van der Waals surface area contributed by atoms with Crippen molar-refractivity contribution < 1.29 is 27.5 Å². The summed E-state index contributed by atoms with van der Waals surface area (Å²) in [6.07, 6.45) is -3.83. The van der Waals surface area contributed by atoms with Crippen LogP contribution in [0.25, 0.3) is 0 Å². The van der Waals surface area contributed by atoms with Crippen LogP contribution in [0, 0.1) is 6.92 Å². The molecule has 0 spiro atoms. The molecule has 0 unspecified atom stereocenters. The van der Waals surface area contributed by atoms with E-state index < -0.39 is 19.0 Å². The molecule has 0 saturated heterocycles. The van der Waals surface area contributed by atoms with Gasteiger partial charge in [-0.25, -0.2) is 8.78 Å². The van der Waals surface area contributed by atoms with E-state index in [2.05, 4.69) is 9.89 Å². The van der Waals surface area contributed by atoms with Crippen LogP contribution in [0.15, 0.2) is 23.4 Å². The molecule has 4 nitrogen and oxygen atoms in total. The van der Waals surface area contributed by atoms with Crippen molar-refractivity contribution in [1.82, 2.24) is 0 Å². The normalized spacial score (nSPS) is 12.8. The second kappa shape index (κ2) is 5.77. The van der Waals surface area contributed by atoms with Crippen molar-refractivity contribution in [3.05, 3.63) is 29.3 Å². The maximum absolute atomic E-state index is 12.7. The molecule has 3 N–H and O–H groups in total. The van der Waals surface area contributed by atoms with Gasteiger partial charge in [0.15, 0.2) is 12.4 Å².